The molecule has 1 aliphatic rings. The molecule has 0 saturated heterocycles. The fourth-order valence-electron chi connectivity index (χ4n) is 3.14. The number of rotatable bonds is 5. The van der Waals surface area contributed by atoms with Crippen molar-refractivity contribution < 1.29 is 24.0 Å². The Morgan fingerprint density at radius 3 is 2.55 bits per heavy atom. The van der Waals surface area contributed by atoms with E-state index < -0.39 is 23.4 Å². The van der Waals surface area contributed by atoms with Crippen LogP contribution in [0.15, 0.2) is 42.5 Å². The molecule has 0 atom stereocenters. The number of ether oxygens (including phenoxy) is 1. The number of hydrogen-bond donors (Lipinski definition) is 1. The highest BCUT2D eigenvalue weighted by Crippen LogP contribution is 2.30. The summed E-state index contributed by atoms with van der Waals surface area (Å²) in [5.74, 6) is -1.28. The molecule has 0 bridgehead atoms. The Labute approximate surface area is 166 Å². The highest BCUT2D eigenvalue weighted by Gasteiger charge is 2.25. The molecule has 0 saturated carbocycles. The number of carbonyl (C=O) groups excluding carboxylic acids is 3. The summed E-state index contributed by atoms with van der Waals surface area (Å²) >= 11 is 0. The molecule has 29 heavy (non-hydrogen) atoms. The number of anilines is 2. The lowest BCUT2D eigenvalue weighted by atomic mass is 10.0. The van der Waals surface area contributed by atoms with Crippen LogP contribution in [0.3, 0.4) is 0 Å². The van der Waals surface area contributed by atoms with E-state index in [9.17, 15) is 24.5 Å². The van der Waals surface area contributed by atoms with Gasteiger partial charge < -0.3 is 15.0 Å². The first kappa shape index (κ1) is 20.0. The summed E-state index contributed by atoms with van der Waals surface area (Å²) in [6.45, 7) is 1.39. The van der Waals surface area contributed by atoms with Crippen molar-refractivity contribution in [3.8, 4) is 0 Å². The van der Waals surface area contributed by atoms with E-state index in [4.69, 9.17) is 4.74 Å². The van der Waals surface area contributed by atoms with Crippen molar-refractivity contribution in [2.45, 2.75) is 19.8 Å². The first-order chi connectivity index (χ1) is 13.8. The maximum atomic E-state index is 12.6. The van der Waals surface area contributed by atoms with Gasteiger partial charge in [0.15, 0.2) is 6.61 Å². The lowest BCUT2D eigenvalue weighted by Gasteiger charge is -2.29. The second kappa shape index (κ2) is 8.51. The summed E-state index contributed by atoms with van der Waals surface area (Å²) in [5.41, 5.74) is 2.10. The molecular formula is C20H19N3O6. The minimum absolute atomic E-state index is 0.0211. The van der Waals surface area contributed by atoms with Crippen LogP contribution < -0.4 is 10.2 Å². The van der Waals surface area contributed by atoms with Crippen molar-refractivity contribution in [1.29, 1.82) is 0 Å². The van der Waals surface area contributed by atoms with Crippen molar-refractivity contribution >= 4 is 34.8 Å². The Hall–Kier alpha value is -3.75. The number of nitro benzene ring substituents is 1. The van der Waals surface area contributed by atoms with Gasteiger partial charge in [-0.05, 0) is 48.7 Å². The molecular weight excluding hydrogens is 378 g/mol. The lowest BCUT2D eigenvalue weighted by molar-refractivity contribution is -0.384. The van der Waals surface area contributed by atoms with Crippen molar-refractivity contribution in [3.05, 3.63) is 63.7 Å². The third-order valence-electron chi connectivity index (χ3n) is 4.46. The maximum absolute atomic E-state index is 12.6. The summed E-state index contributed by atoms with van der Waals surface area (Å²) in [5, 5.41) is 13.5. The normalized spacial score (nSPS) is 12.7. The van der Waals surface area contributed by atoms with Gasteiger partial charge in [-0.3, -0.25) is 19.7 Å². The smallest absolute Gasteiger partial charge is 0.338 e. The first-order valence-electron chi connectivity index (χ1n) is 8.97. The van der Waals surface area contributed by atoms with Crippen LogP contribution in [-0.2, 0) is 20.7 Å². The van der Waals surface area contributed by atoms with Gasteiger partial charge in [-0.2, -0.15) is 0 Å². The predicted molar refractivity (Wildman–Crippen MR) is 105 cm³/mol. The Morgan fingerprint density at radius 1 is 1.17 bits per heavy atom. The van der Waals surface area contributed by atoms with Gasteiger partial charge in [0.2, 0.25) is 5.91 Å². The largest absolute Gasteiger partial charge is 0.452 e. The number of nitrogens with zero attached hydrogens (tertiary/aromatic N) is 2. The predicted octanol–water partition coefficient (Wildman–Crippen LogP) is 2.69. The zero-order valence-corrected chi connectivity index (χ0v) is 15.7. The summed E-state index contributed by atoms with van der Waals surface area (Å²) in [4.78, 5) is 47.7. The van der Waals surface area contributed by atoms with Crippen LogP contribution >= 0.6 is 0 Å². The minimum Gasteiger partial charge on any atom is -0.452 e. The van der Waals surface area contributed by atoms with Crippen LogP contribution in [0, 0.1) is 10.1 Å². The molecule has 2 amide bonds. The number of benzene rings is 2. The Bertz CT molecular complexity index is 971. The number of carbonyl (C=O) groups is 3. The van der Waals surface area contributed by atoms with Gasteiger partial charge in [-0.15, -0.1) is 0 Å². The Morgan fingerprint density at radius 2 is 1.90 bits per heavy atom. The molecule has 3 rings (SSSR count). The third kappa shape index (κ3) is 4.75. The van der Waals surface area contributed by atoms with Crippen LogP contribution in [-0.4, -0.2) is 35.9 Å². The highest BCUT2D eigenvalue weighted by atomic mass is 16.6. The molecule has 9 heteroatoms. The SMILES string of the molecule is CC(=O)Nc1ccc(C(=O)OCC(=O)N2CCCc3cc([N+](=O)[O-])ccc32)cc1. The molecule has 150 valence electrons. The molecule has 0 aliphatic carbocycles. The van der Waals surface area contributed by atoms with Crippen LogP contribution in [0.5, 0.6) is 0 Å². The van der Waals surface area contributed by atoms with E-state index in [0.717, 1.165) is 5.56 Å². The van der Waals surface area contributed by atoms with Crippen molar-refractivity contribution in [3.63, 3.8) is 0 Å². The van der Waals surface area contributed by atoms with E-state index in [1.165, 1.54) is 36.1 Å². The summed E-state index contributed by atoms with van der Waals surface area (Å²) in [6, 6.07) is 10.5. The Kier molecular flexibility index (Phi) is 5.87. The zero-order valence-electron chi connectivity index (χ0n) is 15.7. The second-order valence-corrected chi connectivity index (χ2v) is 6.55. The molecule has 1 heterocycles. The first-order valence-corrected chi connectivity index (χ1v) is 8.97. The van der Waals surface area contributed by atoms with E-state index in [1.54, 1.807) is 18.2 Å². The number of nitro groups is 1. The van der Waals surface area contributed by atoms with Crippen LogP contribution in [0.4, 0.5) is 17.1 Å². The number of hydrogen-bond acceptors (Lipinski definition) is 6. The molecule has 0 unspecified atom stereocenters. The van der Waals surface area contributed by atoms with Gasteiger partial charge >= 0.3 is 5.97 Å². The van der Waals surface area contributed by atoms with Crippen LogP contribution in [0.25, 0.3) is 0 Å². The van der Waals surface area contributed by atoms with Crippen LogP contribution in [0.2, 0.25) is 0 Å². The number of fused-ring (bicyclic) bond motifs is 1. The van der Waals surface area contributed by atoms with Gasteiger partial charge in [0.1, 0.15) is 0 Å². The lowest BCUT2D eigenvalue weighted by Crippen LogP contribution is -2.38. The molecule has 0 aromatic heterocycles. The summed E-state index contributed by atoms with van der Waals surface area (Å²) in [7, 11) is 0. The van der Waals surface area contributed by atoms with Crippen molar-refractivity contribution in [1.82, 2.24) is 0 Å². The number of aryl methyl sites for hydroxylation is 1. The average Bonchev–Trinajstić information content (AvgIpc) is 2.71. The zero-order chi connectivity index (χ0) is 21.0. The number of nitrogens with one attached hydrogen (secondary N) is 1. The van der Waals surface area contributed by atoms with Gasteiger partial charge in [0.05, 0.1) is 10.5 Å². The molecule has 2 aromatic rings. The van der Waals surface area contributed by atoms with Crippen molar-refractivity contribution in [2.24, 2.45) is 0 Å². The molecule has 9 nitrogen and oxygen atoms in total. The Balaban J connectivity index is 1.63. The molecule has 1 N–H and O–H groups in total. The van der Waals surface area contributed by atoms with Gasteiger partial charge in [-0.25, -0.2) is 4.79 Å². The highest BCUT2D eigenvalue weighted by molar-refractivity contribution is 5.98. The topological polar surface area (TPSA) is 119 Å². The monoisotopic (exact) mass is 397 g/mol. The van der Waals surface area contributed by atoms with E-state index in [1.807, 2.05) is 0 Å². The molecule has 0 spiro atoms. The standard InChI is InChI=1S/C20H19N3O6/c1-13(24)21-16-6-4-14(5-7-16)20(26)29-12-19(25)22-10-2-3-15-11-17(23(27)28)8-9-18(15)22/h4-9,11H,2-3,10,12H2,1H3,(H,21,24). The van der Waals surface area contributed by atoms with Crippen LogP contribution in [0.1, 0.15) is 29.3 Å². The fraction of sp³-hybridized carbons (Fsp3) is 0.250. The molecule has 1 aliphatic heterocycles. The van der Waals surface area contributed by atoms with Gasteiger partial charge in [0, 0.05) is 37.0 Å². The summed E-state index contributed by atoms with van der Waals surface area (Å²) in [6.07, 6.45) is 1.31. The molecule has 0 radical (unpaired) electrons. The molecule has 2 aromatic carbocycles. The van der Waals surface area contributed by atoms with E-state index in [2.05, 4.69) is 5.32 Å². The van der Waals surface area contributed by atoms with Gasteiger partial charge in [-0.1, -0.05) is 0 Å². The van der Waals surface area contributed by atoms with E-state index in [0.29, 0.717) is 30.8 Å². The second-order valence-electron chi connectivity index (χ2n) is 6.55. The maximum Gasteiger partial charge on any atom is 0.338 e. The molecule has 0 fully saturated rings. The van der Waals surface area contributed by atoms with E-state index >= 15 is 0 Å². The summed E-state index contributed by atoms with van der Waals surface area (Å²) < 4.78 is 5.12. The minimum atomic E-state index is -0.659. The third-order valence-corrected chi connectivity index (χ3v) is 4.46. The number of amides is 2. The fourth-order valence-corrected chi connectivity index (χ4v) is 3.14. The van der Waals surface area contributed by atoms with E-state index in [-0.39, 0.29) is 17.2 Å². The van der Waals surface area contributed by atoms with Gasteiger partial charge in [0.25, 0.3) is 11.6 Å². The number of non-ortho nitro benzene ring substituents is 1. The quantitative estimate of drug-likeness (QED) is 0.471. The number of esters is 1. The average molecular weight is 397 g/mol. The van der Waals surface area contributed by atoms with Crippen molar-refractivity contribution in [2.75, 3.05) is 23.4 Å².